The summed E-state index contributed by atoms with van der Waals surface area (Å²) in [7, 11) is 0. The number of hydrogen-bond acceptors (Lipinski definition) is 6. The molecule has 0 saturated heterocycles. The number of nitrogens with one attached hydrogen (secondary N) is 1. The van der Waals surface area contributed by atoms with E-state index in [0.29, 0.717) is 23.4 Å². The van der Waals surface area contributed by atoms with Crippen molar-refractivity contribution >= 4 is 56.7 Å². The third kappa shape index (κ3) is 3.90. The van der Waals surface area contributed by atoms with E-state index in [4.69, 9.17) is 0 Å². The van der Waals surface area contributed by atoms with E-state index in [1.54, 1.807) is 42.5 Å². The number of thiazole rings is 1. The van der Waals surface area contributed by atoms with E-state index in [-0.39, 0.29) is 23.5 Å². The molecule has 1 aliphatic rings. The average molecular weight is 460 g/mol. The molecule has 2 heterocycles. The van der Waals surface area contributed by atoms with Crippen molar-refractivity contribution in [3.63, 3.8) is 0 Å². The number of nitrogens with zero attached hydrogens (tertiary/aromatic N) is 2. The van der Waals surface area contributed by atoms with Crippen LogP contribution in [0.15, 0.2) is 77.1 Å². The van der Waals surface area contributed by atoms with Crippen LogP contribution in [0, 0.1) is 0 Å². The van der Waals surface area contributed by atoms with Crippen molar-refractivity contribution in [2.24, 2.45) is 0 Å². The summed E-state index contributed by atoms with van der Waals surface area (Å²) in [5, 5.41) is 2.90. The van der Waals surface area contributed by atoms with Crippen LogP contribution in [0.3, 0.4) is 0 Å². The predicted octanol–water partition coefficient (Wildman–Crippen LogP) is 4.51. The minimum atomic E-state index is -0.320. The van der Waals surface area contributed by atoms with Gasteiger partial charge in [0.25, 0.3) is 11.8 Å². The SMILES string of the molecule is O=C(CSc1nc2ccc(N3C(=O)c4ccccc4C3=O)cc2s1)NCc1ccccc1. The number of aromatic nitrogens is 1. The Kier molecular flexibility index (Phi) is 5.46. The first-order valence-corrected chi connectivity index (χ1v) is 11.7. The zero-order valence-corrected chi connectivity index (χ0v) is 18.4. The number of carbonyl (C=O) groups excluding carboxylic acids is 3. The Morgan fingerprint density at radius 1 is 0.938 bits per heavy atom. The lowest BCUT2D eigenvalue weighted by atomic mass is 10.1. The highest BCUT2D eigenvalue weighted by Crippen LogP contribution is 2.34. The average Bonchev–Trinajstić information content (AvgIpc) is 3.35. The molecule has 0 saturated carbocycles. The molecule has 8 heteroatoms. The molecule has 3 aromatic carbocycles. The van der Waals surface area contributed by atoms with Crippen LogP contribution in [0.5, 0.6) is 0 Å². The van der Waals surface area contributed by atoms with E-state index in [2.05, 4.69) is 10.3 Å². The Balaban J connectivity index is 1.27. The van der Waals surface area contributed by atoms with Gasteiger partial charge in [0.1, 0.15) is 0 Å². The van der Waals surface area contributed by atoms with Crippen LogP contribution >= 0.6 is 23.1 Å². The number of thioether (sulfide) groups is 1. The van der Waals surface area contributed by atoms with Crippen LogP contribution in [0.4, 0.5) is 5.69 Å². The molecule has 0 unspecified atom stereocenters. The predicted molar refractivity (Wildman–Crippen MR) is 126 cm³/mol. The summed E-state index contributed by atoms with van der Waals surface area (Å²) in [6.45, 7) is 0.490. The molecule has 1 aliphatic heterocycles. The highest BCUT2D eigenvalue weighted by molar-refractivity contribution is 8.01. The van der Waals surface area contributed by atoms with E-state index in [9.17, 15) is 14.4 Å². The standard InChI is InChI=1S/C24H17N3O3S2/c28-21(25-13-15-6-2-1-3-7-15)14-31-24-26-19-11-10-16(12-20(19)32-24)27-22(29)17-8-4-5-9-18(17)23(27)30/h1-12H,13-14H2,(H,25,28). The van der Waals surface area contributed by atoms with Crippen molar-refractivity contribution < 1.29 is 14.4 Å². The zero-order valence-electron chi connectivity index (χ0n) is 16.8. The quantitative estimate of drug-likeness (QED) is 0.339. The largest absolute Gasteiger partial charge is 0.351 e. The van der Waals surface area contributed by atoms with Crippen LogP contribution in [0.1, 0.15) is 26.3 Å². The normalized spacial score (nSPS) is 12.9. The first-order valence-electron chi connectivity index (χ1n) is 9.92. The van der Waals surface area contributed by atoms with Gasteiger partial charge in [-0.15, -0.1) is 11.3 Å². The third-order valence-electron chi connectivity index (χ3n) is 5.06. The van der Waals surface area contributed by atoms with Crippen molar-refractivity contribution in [2.75, 3.05) is 10.7 Å². The highest BCUT2D eigenvalue weighted by Gasteiger charge is 2.36. The summed E-state index contributed by atoms with van der Waals surface area (Å²) in [6, 6.07) is 21.9. The number of rotatable bonds is 6. The molecule has 3 amide bonds. The molecule has 158 valence electrons. The lowest BCUT2D eigenvalue weighted by Gasteiger charge is -2.13. The second kappa shape index (κ2) is 8.57. The summed E-state index contributed by atoms with van der Waals surface area (Å²) in [4.78, 5) is 43.4. The second-order valence-electron chi connectivity index (χ2n) is 7.17. The number of amides is 3. The van der Waals surface area contributed by atoms with Crippen molar-refractivity contribution in [1.82, 2.24) is 10.3 Å². The van der Waals surface area contributed by atoms with E-state index < -0.39 is 0 Å². The molecule has 0 spiro atoms. The number of imide groups is 1. The monoisotopic (exact) mass is 459 g/mol. The van der Waals surface area contributed by atoms with E-state index in [1.165, 1.54) is 28.0 Å². The van der Waals surface area contributed by atoms with Gasteiger partial charge in [0, 0.05) is 6.54 Å². The van der Waals surface area contributed by atoms with Crippen LogP contribution in [-0.4, -0.2) is 28.5 Å². The molecule has 0 radical (unpaired) electrons. The molecule has 1 N–H and O–H groups in total. The van der Waals surface area contributed by atoms with E-state index in [1.807, 2.05) is 30.3 Å². The Morgan fingerprint density at radius 3 is 2.34 bits per heavy atom. The van der Waals surface area contributed by atoms with Gasteiger partial charge in [0.15, 0.2) is 4.34 Å². The van der Waals surface area contributed by atoms with Gasteiger partial charge in [-0.05, 0) is 35.9 Å². The summed E-state index contributed by atoms with van der Waals surface area (Å²) in [5.74, 6) is -0.444. The molecule has 6 nitrogen and oxygen atoms in total. The van der Waals surface area contributed by atoms with Crippen LogP contribution in [0.25, 0.3) is 10.2 Å². The minimum absolute atomic E-state index is 0.0650. The fraction of sp³-hybridized carbons (Fsp3) is 0.0833. The molecule has 0 fully saturated rings. The van der Waals surface area contributed by atoms with Gasteiger partial charge < -0.3 is 5.32 Å². The molecule has 4 aromatic rings. The molecule has 0 atom stereocenters. The van der Waals surface area contributed by atoms with Crippen LogP contribution < -0.4 is 10.2 Å². The zero-order chi connectivity index (χ0) is 22.1. The topological polar surface area (TPSA) is 79.4 Å². The van der Waals surface area contributed by atoms with Gasteiger partial charge >= 0.3 is 0 Å². The van der Waals surface area contributed by atoms with Gasteiger partial charge in [-0.1, -0.05) is 54.2 Å². The minimum Gasteiger partial charge on any atom is -0.351 e. The Hall–Kier alpha value is -3.49. The van der Waals surface area contributed by atoms with Gasteiger partial charge in [-0.2, -0.15) is 0 Å². The van der Waals surface area contributed by atoms with Crippen LogP contribution in [0.2, 0.25) is 0 Å². The van der Waals surface area contributed by atoms with Gasteiger partial charge in [0.05, 0.1) is 32.8 Å². The molecular formula is C24H17N3O3S2. The number of fused-ring (bicyclic) bond motifs is 2. The number of carbonyl (C=O) groups is 3. The smallest absolute Gasteiger partial charge is 0.266 e. The lowest BCUT2D eigenvalue weighted by Crippen LogP contribution is -2.29. The van der Waals surface area contributed by atoms with Crippen molar-refractivity contribution in [3.8, 4) is 0 Å². The molecule has 5 rings (SSSR count). The molecule has 0 bridgehead atoms. The summed E-state index contributed by atoms with van der Waals surface area (Å²) >= 11 is 2.80. The summed E-state index contributed by atoms with van der Waals surface area (Å²) in [5.41, 5.74) is 3.16. The molecule has 1 aromatic heterocycles. The van der Waals surface area contributed by atoms with Crippen LogP contribution in [-0.2, 0) is 11.3 Å². The lowest BCUT2D eigenvalue weighted by molar-refractivity contribution is -0.118. The maximum absolute atomic E-state index is 12.7. The van der Waals surface area contributed by atoms with Crippen molar-refractivity contribution in [3.05, 3.63) is 89.5 Å². The Morgan fingerprint density at radius 2 is 1.62 bits per heavy atom. The van der Waals surface area contributed by atoms with Gasteiger partial charge in [-0.25, -0.2) is 9.88 Å². The number of anilines is 1. The first kappa shape index (κ1) is 20.4. The Bertz CT molecular complexity index is 1320. The maximum Gasteiger partial charge on any atom is 0.266 e. The second-order valence-corrected chi connectivity index (χ2v) is 9.43. The maximum atomic E-state index is 12.7. The van der Waals surface area contributed by atoms with Gasteiger partial charge in [-0.3, -0.25) is 14.4 Å². The fourth-order valence-corrected chi connectivity index (χ4v) is 5.42. The van der Waals surface area contributed by atoms with E-state index >= 15 is 0 Å². The third-order valence-corrected chi connectivity index (χ3v) is 7.23. The first-order chi connectivity index (χ1) is 15.6. The molecular weight excluding hydrogens is 442 g/mol. The number of hydrogen-bond donors (Lipinski definition) is 1. The van der Waals surface area contributed by atoms with Gasteiger partial charge in [0.2, 0.25) is 5.91 Å². The molecule has 0 aliphatic carbocycles. The summed E-state index contributed by atoms with van der Waals surface area (Å²) in [6.07, 6.45) is 0. The molecule has 32 heavy (non-hydrogen) atoms. The van der Waals surface area contributed by atoms with Crippen molar-refractivity contribution in [1.29, 1.82) is 0 Å². The Labute approximate surface area is 192 Å². The highest BCUT2D eigenvalue weighted by atomic mass is 32.2. The summed E-state index contributed by atoms with van der Waals surface area (Å²) < 4.78 is 1.61. The number of benzene rings is 3. The van der Waals surface area contributed by atoms with E-state index in [0.717, 1.165) is 20.1 Å². The van der Waals surface area contributed by atoms with Crippen molar-refractivity contribution in [2.45, 2.75) is 10.9 Å². The fourth-order valence-electron chi connectivity index (χ4n) is 3.49.